The molecule has 0 aliphatic heterocycles. The van der Waals surface area contributed by atoms with E-state index in [4.69, 9.17) is 0 Å². The van der Waals surface area contributed by atoms with Crippen molar-refractivity contribution in [3.8, 4) is 20.9 Å². The topological polar surface area (TPSA) is 44.0 Å². The number of pyridine rings is 2. The van der Waals surface area contributed by atoms with Gasteiger partial charge < -0.3 is 9.13 Å². The first-order chi connectivity index (χ1) is 43.2. The number of rotatable bonds is 60. The van der Waals surface area contributed by atoms with Gasteiger partial charge in [-0.15, -0.1) is 22.7 Å². The molecule has 2 atom stereocenters. The molecule has 0 aromatic carbocycles. The number of unbranched alkanes of at least 4 members (excludes halogenated alkanes) is 42. The van der Waals surface area contributed by atoms with Crippen LogP contribution in [0.1, 0.15) is 387 Å². The molecule has 0 aliphatic rings. The number of hydrogen-bond donors (Lipinski definition) is 0. The highest BCUT2D eigenvalue weighted by Crippen LogP contribution is 2.40. The Kier molecular flexibility index (Phi) is 46.5. The van der Waals surface area contributed by atoms with E-state index in [2.05, 4.69) is 107 Å². The average Bonchev–Trinajstić information content (AvgIpc) is 1.24. The standard InChI is InChI=1S/C80H136Br2N2O2S2/c1-7-13-19-25-31-35-37-41-45-51-57-67(55-49-43-39-33-27-21-15-9-3)61-69-63-75(87-77(69)81)71-65-73-74(83(79(71)85)59-53-47-29-23-17-11-5)66-72(80(86)84(73)60-54-48-30-24-18-12-6)76-64-70(78(82)88-76)62-68(56-50-44-40-34-28-22-16-10-4)58-52-46-42-38-36-32-26-20-14-8-2/h63-68H,7-62H2,1-6H3. The summed E-state index contributed by atoms with van der Waals surface area (Å²) in [4.78, 5) is 33.2. The van der Waals surface area contributed by atoms with E-state index in [9.17, 15) is 0 Å². The molecule has 0 radical (unpaired) electrons. The summed E-state index contributed by atoms with van der Waals surface area (Å²) in [7, 11) is 0. The van der Waals surface area contributed by atoms with Crippen molar-refractivity contribution in [2.45, 2.75) is 401 Å². The summed E-state index contributed by atoms with van der Waals surface area (Å²) < 4.78 is 6.58. The Hall–Kier alpha value is -1.48. The zero-order chi connectivity index (χ0) is 63.1. The number of aryl methyl sites for hydroxylation is 2. The van der Waals surface area contributed by atoms with Crippen molar-refractivity contribution in [3.05, 3.63) is 63.7 Å². The molecule has 0 amide bonds. The zero-order valence-corrected chi connectivity index (χ0v) is 63.2. The van der Waals surface area contributed by atoms with Gasteiger partial charge in [0.2, 0.25) is 0 Å². The minimum Gasteiger partial charge on any atom is -0.306 e. The van der Waals surface area contributed by atoms with Crippen molar-refractivity contribution in [3.63, 3.8) is 0 Å². The Balaban J connectivity index is 1.70. The second-order valence-electron chi connectivity index (χ2n) is 27.8. The molecule has 4 aromatic heterocycles. The molecule has 2 unspecified atom stereocenters. The highest BCUT2D eigenvalue weighted by atomic mass is 79.9. The van der Waals surface area contributed by atoms with Crippen molar-refractivity contribution < 1.29 is 0 Å². The maximum absolute atomic E-state index is 15.5. The highest BCUT2D eigenvalue weighted by Gasteiger charge is 2.24. The van der Waals surface area contributed by atoms with Crippen LogP contribution >= 0.6 is 54.5 Å². The van der Waals surface area contributed by atoms with E-state index in [0.717, 1.165) is 70.4 Å². The summed E-state index contributed by atoms with van der Waals surface area (Å²) >= 11 is 11.7. The van der Waals surface area contributed by atoms with Crippen LogP contribution in [0, 0.1) is 11.8 Å². The van der Waals surface area contributed by atoms with E-state index in [1.807, 2.05) is 0 Å². The number of hydrogen-bond acceptors (Lipinski definition) is 4. The lowest BCUT2D eigenvalue weighted by Crippen LogP contribution is -2.28. The van der Waals surface area contributed by atoms with Crippen LogP contribution in [0.3, 0.4) is 0 Å². The summed E-state index contributed by atoms with van der Waals surface area (Å²) in [6, 6.07) is 9.06. The second-order valence-corrected chi connectivity index (χ2v) is 32.5. The van der Waals surface area contributed by atoms with Crippen molar-refractivity contribution in [2.75, 3.05) is 0 Å². The Morgan fingerprint density at radius 2 is 0.523 bits per heavy atom. The molecule has 4 rings (SSSR count). The zero-order valence-electron chi connectivity index (χ0n) is 58.3. The molecule has 8 heteroatoms. The third-order valence-corrected chi connectivity index (χ3v) is 23.7. The maximum atomic E-state index is 15.5. The van der Waals surface area contributed by atoms with E-state index in [1.165, 1.54) is 327 Å². The first kappa shape index (κ1) is 79.0. The van der Waals surface area contributed by atoms with Gasteiger partial charge >= 0.3 is 0 Å². The van der Waals surface area contributed by atoms with Crippen LogP contribution < -0.4 is 11.1 Å². The number of thiophene rings is 2. The van der Waals surface area contributed by atoms with Crippen LogP contribution in [0.2, 0.25) is 0 Å². The molecular weight excluding hydrogens is 1240 g/mol. The predicted octanol–water partition coefficient (Wildman–Crippen LogP) is 28.9. The van der Waals surface area contributed by atoms with Gasteiger partial charge in [0.05, 0.1) is 29.7 Å². The summed E-state index contributed by atoms with van der Waals surface area (Å²) in [6.45, 7) is 15.2. The number of halogens is 2. The van der Waals surface area contributed by atoms with Crippen molar-refractivity contribution >= 4 is 65.6 Å². The SMILES string of the molecule is CCCCCCCCCCCCC(CCCCCCCCCC)Cc1cc(-c2cc3c(cc(-c4cc(CC(CCCCCCCCCC)CCCCCCCCCCCC)c(Br)s4)c(=O)n3CCCCCCCC)n(CCCCCCCC)c2=O)sc1Br. The predicted molar refractivity (Wildman–Crippen MR) is 403 cm³/mol. The van der Waals surface area contributed by atoms with Gasteiger partial charge in [0.25, 0.3) is 11.1 Å². The van der Waals surface area contributed by atoms with E-state index < -0.39 is 0 Å². The summed E-state index contributed by atoms with van der Waals surface area (Å²) in [6.07, 6.45) is 70.5. The third kappa shape index (κ3) is 32.6. The van der Waals surface area contributed by atoms with Gasteiger partial charge in [-0.3, -0.25) is 9.59 Å². The molecule has 0 spiro atoms. The molecule has 0 saturated heterocycles. The minimum absolute atomic E-state index is 0.0988. The van der Waals surface area contributed by atoms with Gasteiger partial charge in [0, 0.05) is 22.8 Å². The summed E-state index contributed by atoms with van der Waals surface area (Å²) in [5.74, 6) is 1.30. The molecule has 0 bridgehead atoms. The lowest BCUT2D eigenvalue weighted by atomic mass is 9.89. The van der Waals surface area contributed by atoms with Gasteiger partial charge in [-0.2, -0.15) is 0 Å². The quantitative estimate of drug-likeness (QED) is 0.0414. The van der Waals surface area contributed by atoms with Crippen molar-refractivity contribution in [1.82, 2.24) is 9.13 Å². The number of nitrogens with zero attached hydrogens (tertiary/aromatic N) is 2. The summed E-state index contributed by atoms with van der Waals surface area (Å²) in [5.41, 5.74) is 6.31. The fourth-order valence-electron chi connectivity index (χ4n) is 14.0. The van der Waals surface area contributed by atoms with Crippen LogP contribution in [0.25, 0.3) is 31.9 Å². The number of fused-ring (bicyclic) bond motifs is 1. The van der Waals surface area contributed by atoms with E-state index in [1.54, 1.807) is 22.7 Å². The van der Waals surface area contributed by atoms with Crippen molar-refractivity contribution in [1.29, 1.82) is 0 Å². The first-order valence-corrected chi connectivity index (χ1v) is 41.8. The highest BCUT2D eigenvalue weighted by molar-refractivity contribution is 9.11. The minimum atomic E-state index is 0.0988. The van der Waals surface area contributed by atoms with Crippen LogP contribution in [0.15, 0.2) is 41.4 Å². The first-order valence-electron chi connectivity index (χ1n) is 38.6. The normalized spacial score (nSPS) is 12.6. The molecule has 0 fully saturated rings. The lowest BCUT2D eigenvalue weighted by molar-refractivity contribution is 0.399. The van der Waals surface area contributed by atoms with Crippen molar-refractivity contribution in [2.24, 2.45) is 11.8 Å². The van der Waals surface area contributed by atoms with Gasteiger partial charge in [-0.25, -0.2) is 0 Å². The van der Waals surface area contributed by atoms with Crippen LogP contribution in [0.4, 0.5) is 0 Å². The second kappa shape index (κ2) is 51.9. The largest absolute Gasteiger partial charge is 0.306 e. The Morgan fingerprint density at radius 3 is 0.761 bits per heavy atom. The van der Waals surface area contributed by atoms with E-state index in [0.29, 0.717) is 24.9 Å². The molecule has 0 aliphatic carbocycles. The third-order valence-electron chi connectivity index (χ3n) is 19.8. The Bertz CT molecular complexity index is 2280. The van der Waals surface area contributed by atoms with Gasteiger partial charge in [0.15, 0.2) is 0 Å². The van der Waals surface area contributed by atoms with Crippen LogP contribution in [-0.4, -0.2) is 9.13 Å². The molecule has 0 N–H and O–H groups in total. The van der Waals surface area contributed by atoms with Gasteiger partial charge in [-0.05, 0) is 105 Å². The number of aromatic nitrogens is 2. The smallest absolute Gasteiger partial charge is 0.259 e. The van der Waals surface area contributed by atoms with Crippen LogP contribution in [-0.2, 0) is 25.9 Å². The Morgan fingerprint density at radius 1 is 0.307 bits per heavy atom. The molecule has 0 saturated carbocycles. The maximum Gasteiger partial charge on any atom is 0.259 e. The fraction of sp³-hybridized carbons (Fsp3) is 0.800. The molecule has 4 nitrogen and oxygen atoms in total. The monoisotopic (exact) mass is 1380 g/mol. The molecule has 4 aromatic rings. The fourth-order valence-corrected chi connectivity index (χ4v) is 17.5. The lowest BCUT2D eigenvalue weighted by Gasteiger charge is -2.18. The van der Waals surface area contributed by atoms with E-state index >= 15 is 9.59 Å². The molecule has 4 heterocycles. The summed E-state index contributed by atoms with van der Waals surface area (Å²) in [5, 5.41) is 0. The van der Waals surface area contributed by atoms with E-state index in [-0.39, 0.29) is 11.1 Å². The van der Waals surface area contributed by atoms with Gasteiger partial charge in [-0.1, -0.05) is 363 Å². The molecule has 88 heavy (non-hydrogen) atoms. The molecule has 504 valence electrons. The Labute approximate surface area is 568 Å². The average molecular weight is 1380 g/mol. The van der Waals surface area contributed by atoms with Crippen LogP contribution in [0.5, 0.6) is 0 Å². The molecular formula is C80H136Br2N2O2S2. The van der Waals surface area contributed by atoms with Gasteiger partial charge in [0.1, 0.15) is 0 Å².